The number of hydrogen-bond acceptors (Lipinski definition) is 20. The third kappa shape index (κ3) is 14.7. The van der Waals surface area contributed by atoms with Gasteiger partial charge >= 0.3 is 5.97 Å². The van der Waals surface area contributed by atoms with E-state index in [2.05, 4.69) is 31.9 Å². The number of carboxylic acids is 1. The van der Waals surface area contributed by atoms with Crippen molar-refractivity contribution in [3.05, 3.63) is 53.6 Å². The fraction of sp³-hybridized carbons (Fsp3) is 0.600. The molecule has 8 N–H and O–H groups in total. The van der Waals surface area contributed by atoms with Gasteiger partial charge in [-0.05, 0) is 36.5 Å². The van der Waals surface area contributed by atoms with Gasteiger partial charge in [0.1, 0.15) is 30.1 Å². The van der Waals surface area contributed by atoms with E-state index >= 15 is 0 Å². The fourth-order valence-corrected chi connectivity index (χ4v) is 7.94. The second-order valence-electron chi connectivity index (χ2n) is 17.1. The minimum absolute atomic E-state index is 0.0213. The number of aromatic hydroxyl groups is 1. The lowest BCUT2D eigenvalue weighted by Crippen LogP contribution is -2.52. The van der Waals surface area contributed by atoms with Crippen LogP contribution in [0.15, 0.2) is 36.7 Å². The van der Waals surface area contributed by atoms with E-state index in [-0.39, 0.29) is 68.3 Å². The second-order valence-corrected chi connectivity index (χ2v) is 17.1. The van der Waals surface area contributed by atoms with Gasteiger partial charge in [0.2, 0.25) is 29.7 Å². The third-order valence-electron chi connectivity index (χ3n) is 12.2. The predicted molar refractivity (Wildman–Crippen MR) is 254 cm³/mol. The summed E-state index contributed by atoms with van der Waals surface area (Å²) in [7, 11) is 0. The van der Waals surface area contributed by atoms with Gasteiger partial charge in [-0.3, -0.25) is 14.4 Å². The summed E-state index contributed by atoms with van der Waals surface area (Å²) in [5.41, 5.74) is 14.2. The fourth-order valence-electron chi connectivity index (χ4n) is 7.94. The number of nitrogens with zero attached hydrogens (tertiary/aromatic N) is 13. The first-order valence-corrected chi connectivity index (χ1v) is 23.6. The van der Waals surface area contributed by atoms with Crippen molar-refractivity contribution in [2.24, 2.45) is 17.4 Å². The average Bonchev–Trinajstić information content (AvgIpc) is 4.07. The van der Waals surface area contributed by atoms with Crippen molar-refractivity contribution in [1.82, 2.24) is 54.7 Å². The van der Waals surface area contributed by atoms with Gasteiger partial charge in [-0.25, -0.2) is 9.36 Å². The summed E-state index contributed by atoms with van der Waals surface area (Å²) in [6, 6.07) is 4.03. The Morgan fingerprint density at radius 2 is 1.34 bits per heavy atom. The number of terminal acetylenes is 1. The number of benzene rings is 1. The summed E-state index contributed by atoms with van der Waals surface area (Å²) in [6.07, 6.45) is 9.33. The van der Waals surface area contributed by atoms with Gasteiger partial charge in [0.05, 0.1) is 69.8 Å². The summed E-state index contributed by atoms with van der Waals surface area (Å²) >= 11 is 0. The Bertz CT molecular complexity index is 2310. The van der Waals surface area contributed by atoms with Crippen molar-refractivity contribution < 1.29 is 43.9 Å². The number of carbonyl (C=O) groups excluding carboxylic acids is 2. The van der Waals surface area contributed by atoms with Crippen LogP contribution in [0.4, 0.5) is 17.8 Å². The summed E-state index contributed by atoms with van der Waals surface area (Å²) in [5.74, 6) is 2.20. The zero-order valence-corrected chi connectivity index (χ0v) is 39.8. The van der Waals surface area contributed by atoms with Gasteiger partial charge in [0.15, 0.2) is 0 Å². The molecule has 5 atom stereocenters. The van der Waals surface area contributed by atoms with Gasteiger partial charge in [-0.1, -0.05) is 48.7 Å². The number of amides is 2. The number of rotatable bonds is 27. The second kappa shape index (κ2) is 26.4. The maximum Gasteiger partial charge on any atom is 0.303 e. The number of aliphatic hydroxyl groups excluding tert-OH is 1. The molecule has 6 rings (SSSR count). The van der Waals surface area contributed by atoms with Crippen molar-refractivity contribution >= 4 is 35.6 Å². The van der Waals surface area contributed by atoms with Gasteiger partial charge in [0, 0.05) is 65.3 Å². The van der Waals surface area contributed by atoms with Crippen LogP contribution in [-0.4, -0.2) is 193 Å². The number of aliphatic carboxylic acids is 1. The van der Waals surface area contributed by atoms with Gasteiger partial charge in [-0.15, -0.1) is 16.6 Å². The number of nitrogens with two attached hydrogens (primary N) is 2. The zero-order chi connectivity index (χ0) is 50.0. The van der Waals surface area contributed by atoms with Crippen LogP contribution in [0.25, 0.3) is 0 Å². The molecule has 2 saturated heterocycles. The number of piperazine rings is 2. The number of ether oxygens (including phenoxy) is 3. The molecule has 25 nitrogen and oxygen atoms in total. The first-order valence-electron chi connectivity index (χ1n) is 23.6. The molecule has 0 spiro atoms. The lowest BCUT2D eigenvalue weighted by molar-refractivity contribution is -0.139. The molecule has 2 aliphatic heterocycles. The molecule has 2 fully saturated rings. The summed E-state index contributed by atoms with van der Waals surface area (Å²) in [6.45, 7) is 9.13. The van der Waals surface area contributed by atoms with Crippen molar-refractivity contribution in [3.8, 4) is 18.1 Å². The Morgan fingerprint density at radius 1 is 0.786 bits per heavy atom. The molecule has 0 bridgehead atoms. The minimum Gasteiger partial charge on any atom is -0.508 e. The Hall–Kier alpha value is -6.56. The molecule has 70 heavy (non-hydrogen) atoms. The topological polar surface area (TPSA) is 317 Å². The number of nitrogens with one attached hydrogen (secondary N) is 1. The predicted octanol–water partition coefficient (Wildman–Crippen LogP) is -0.220. The van der Waals surface area contributed by atoms with E-state index in [1.54, 1.807) is 27.9 Å². The van der Waals surface area contributed by atoms with Crippen LogP contribution in [0.3, 0.4) is 0 Å². The number of carbonyl (C=O) groups is 3. The number of anilines is 3. The van der Waals surface area contributed by atoms with Crippen molar-refractivity contribution in [2.75, 3.05) is 120 Å². The first kappa shape index (κ1) is 52.8. The number of carboxylic acid groups (broad SMARTS) is 1. The van der Waals surface area contributed by atoms with Crippen LogP contribution in [0.2, 0.25) is 0 Å². The highest BCUT2D eigenvalue weighted by Crippen LogP contribution is 2.27. The zero-order valence-electron chi connectivity index (χ0n) is 39.8. The molecule has 380 valence electrons. The molecule has 0 aliphatic carbocycles. The monoisotopic (exact) mass is 975 g/mol. The van der Waals surface area contributed by atoms with E-state index in [0.29, 0.717) is 109 Å². The Labute approximate surface area is 406 Å². The van der Waals surface area contributed by atoms with E-state index < -0.39 is 30.1 Å². The molecular formula is C45H66N16O9. The number of phenols is 1. The molecule has 2 aliphatic rings. The number of aromatic nitrogens is 9. The Kier molecular flexibility index (Phi) is 19.9. The average molecular weight is 975 g/mol. The van der Waals surface area contributed by atoms with Crippen LogP contribution in [-0.2, 0) is 35.0 Å². The van der Waals surface area contributed by atoms with Crippen molar-refractivity contribution in [1.29, 1.82) is 0 Å². The molecule has 5 heterocycles. The van der Waals surface area contributed by atoms with E-state index in [1.807, 2.05) is 40.7 Å². The smallest absolute Gasteiger partial charge is 0.303 e. The minimum atomic E-state index is -1.06. The van der Waals surface area contributed by atoms with Gasteiger partial charge in [-0.2, -0.15) is 15.0 Å². The molecule has 25 heteroatoms. The summed E-state index contributed by atoms with van der Waals surface area (Å²) < 4.78 is 19.4. The molecule has 1 aromatic carbocycles. The largest absolute Gasteiger partial charge is 0.508 e. The first-order chi connectivity index (χ1) is 33.9. The Balaban J connectivity index is 1.11. The van der Waals surface area contributed by atoms with E-state index in [1.165, 1.54) is 10.9 Å². The molecule has 3 aromatic heterocycles. The number of hydrogen-bond donors (Lipinski definition) is 6. The normalized spacial score (nSPS) is 16.3. The van der Waals surface area contributed by atoms with E-state index in [4.69, 9.17) is 47.1 Å². The lowest BCUT2D eigenvalue weighted by Gasteiger charge is -2.38. The molecule has 5 unspecified atom stereocenters. The lowest BCUT2D eigenvalue weighted by atomic mass is 9.97. The van der Waals surface area contributed by atoms with Crippen LogP contribution >= 0.6 is 0 Å². The van der Waals surface area contributed by atoms with Crippen LogP contribution in [0, 0.1) is 18.3 Å². The Morgan fingerprint density at radius 3 is 1.93 bits per heavy atom. The van der Waals surface area contributed by atoms with Gasteiger partial charge in [0.25, 0.3) is 0 Å². The van der Waals surface area contributed by atoms with Crippen LogP contribution < -0.4 is 26.6 Å². The highest BCUT2D eigenvalue weighted by Gasteiger charge is 2.35. The van der Waals surface area contributed by atoms with Crippen molar-refractivity contribution in [2.45, 2.75) is 63.7 Å². The SMILES string of the molecule is C#CCOCCOCCOCCNc1nc(N2CCN(C(=O)C(CCC(=O)O)n3cc(C(N)CO)nn3)CC2)nc(N2CCN(C(=O)C(C(C)CC)n3cc(C(N)Cc4ccc(O)cc4)nn3)CC2)n1. The molecule has 0 saturated carbocycles. The number of phenolic OH excluding ortho intramolecular Hbond substituents is 1. The van der Waals surface area contributed by atoms with E-state index in [9.17, 15) is 29.7 Å². The van der Waals surface area contributed by atoms with Crippen molar-refractivity contribution in [3.63, 3.8) is 0 Å². The van der Waals surface area contributed by atoms with E-state index in [0.717, 1.165) is 12.0 Å². The maximum absolute atomic E-state index is 14.3. The standard InChI is InChI=1S/C45H66N16O9/c1-4-21-68-23-25-70-26-24-69-22-12-48-43-49-44(58-17-13-56(14-18-58)41(66)38(10-11-39(64)65)60-28-37(53-54-60)35(47)30-62)51-45(50-43)59-19-15-57(16-20-59)42(67)40(31(3)5-2)61-29-36(52-55-61)34(46)27-32-6-8-33(63)9-7-32/h1,6-9,28-29,31,34-35,38,40,62-63H,5,10-27,30,46-47H2,2-3H3,(H,64,65)(H,48,49,50,51). The molecule has 2 amide bonds. The maximum atomic E-state index is 14.3. The van der Waals surface area contributed by atoms with Crippen LogP contribution in [0.1, 0.15) is 74.2 Å². The highest BCUT2D eigenvalue weighted by molar-refractivity contribution is 5.82. The third-order valence-corrected chi connectivity index (χ3v) is 12.2. The van der Waals surface area contributed by atoms with Gasteiger partial charge < -0.3 is 65.9 Å². The summed E-state index contributed by atoms with van der Waals surface area (Å²) in [4.78, 5) is 61.8. The molecular weight excluding hydrogens is 909 g/mol. The van der Waals surface area contributed by atoms with Crippen LogP contribution in [0.5, 0.6) is 5.75 Å². The number of aliphatic hydroxyl groups is 1. The molecule has 0 radical (unpaired) electrons. The summed E-state index contributed by atoms with van der Waals surface area (Å²) in [5, 5.41) is 48.7. The highest BCUT2D eigenvalue weighted by atomic mass is 16.5. The quantitative estimate of drug-likeness (QED) is 0.0332. The molecule has 4 aromatic rings.